The van der Waals surface area contributed by atoms with Crippen molar-refractivity contribution in [3.8, 4) is 17.2 Å². The van der Waals surface area contributed by atoms with Gasteiger partial charge in [-0.05, 0) is 60.0 Å². The molecule has 5 nitrogen and oxygen atoms in total. The largest absolute Gasteiger partial charge is 0.497 e. The fourth-order valence-corrected chi connectivity index (χ4v) is 3.47. The fourth-order valence-electron chi connectivity index (χ4n) is 3.47. The molecule has 0 fully saturated rings. The van der Waals surface area contributed by atoms with Gasteiger partial charge in [-0.15, -0.1) is 0 Å². The highest BCUT2D eigenvalue weighted by Gasteiger charge is 2.31. The molecular formula is C25H24O5. The number of hydrogen-bond acceptors (Lipinski definition) is 5. The molecule has 5 heteroatoms. The molecule has 0 aliphatic rings. The SMILES string of the molecule is COc1ccc(C(C)(c2ccc(OC(C)=O)cc2)c2ccc(OC(C)=O)cc2)cc1. The van der Waals surface area contributed by atoms with Crippen molar-refractivity contribution in [3.63, 3.8) is 0 Å². The summed E-state index contributed by atoms with van der Waals surface area (Å²) in [5, 5.41) is 0. The maximum atomic E-state index is 11.2. The Hall–Kier alpha value is -3.60. The van der Waals surface area contributed by atoms with E-state index < -0.39 is 5.41 Å². The first-order valence-corrected chi connectivity index (χ1v) is 9.55. The van der Waals surface area contributed by atoms with Crippen LogP contribution in [0.4, 0.5) is 0 Å². The van der Waals surface area contributed by atoms with E-state index in [9.17, 15) is 9.59 Å². The Labute approximate surface area is 176 Å². The van der Waals surface area contributed by atoms with Gasteiger partial charge in [0.2, 0.25) is 0 Å². The molecule has 0 spiro atoms. The molecule has 0 aliphatic heterocycles. The monoisotopic (exact) mass is 404 g/mol. The van der Waals surface area contributed by atoms with Crippen molar-refractivity contribution in [3.05, 3.63) is 89.5 Å². The van der Waals surface area contributed by atoms with Gasteiger partial charge < -0.3 is 14.2 Å². The van der Waals surface area contributed by atoms with Gasteiger partial charge in [0.05, 0.1) is 7.11 Å². The molecule has 0 aromatic heterocycles. The molecule has 0 saturated carbocycles. The number of rotatable bonds is 6. The second-order valence-electron chi connectivity index (χ2n) is 7.09. The second kappa shape index (κ2) is 8.82. The Morgan fingerprint density at radius 3 is 1.17 bits per heavy atom. The summed E-state index contributed by atoms with van der Waals surface area (Å²) in [5.74, 6) is 1.04. The normalized spacial score (nSPS) is 10.9. The van der Waals surface area contributed by atoms with Gasteiger partial charge in [0, 0.05) is 19.3 Å². The third-order valence-electron chi connectivity index (χ3n) is 5.05. The molecule has 0 radical (unpaired) electrons. The lowest BCUT2D eigenvalue weighted by atomic mass is 9.71. The molecular weight excluding hydrogens is 380 g/mol. The van der Waals surface area contributed by atoms with E-state index in [2.05, 4.69) is 6.92 Å². The number of carbonyl (C=O) groups is 2. The van der Waals surface area contributed by atoms with E-state index in [1.807, 2.05) is 48.5 Å². The molecule has 0 unspecified atom stereocenters. The van der Waals surface area contributed by atoms with E-state index in [0.29, 0.717) is 11.5 Å². The van der Waals surface area contributed by atoms with Crippen LogP contribution in [0.15, 0.2) is 72.8 Å². The summed E-state index contributed by atoms with van der Waals surface area (Å²) in [4.78, 5) is 22.5. The van der Waals surface area contributed by atoms with Crippen LogP contribution in [0.1, 0.15) is 37.5 Å². The summed E-state index contributed by atoms with van der Waals surface area (Å²) < 4.78 is 15.6. The maximum absolute atomic E-state index is 11.2. The van der Waals surface area contributed by atoms with Gasteiger partial charge in [-0.3, -0.25) is 9.59 Å². The zero-order valence-corrected chi connectivity index (χ0v) is 17.5. The van der Waals surface area contributed by atoms with Crippen molar-refractivity contribution in [2.24, 2.45) is 0 Å². The van der Waals surface area contributed by atoms with E-state index in [0.717, 1.165) is 22.4 Å². The summed E-state index contributed by atoms with van der Waals surface area (Å²) in [7, 11) is 1.63. The van der Waals surface area contributed by atoms with Crippen LogP contribution in [0.2, 0.25) is 0 Å². The first kappa shape index (κ1) is 21.1. The standard InChI is InChI=1S/C25H24O5/c1-17(26)29-23-13-7-20(8-14-23)25(3,19-5-11-22(28-4)12-6-19)21-9-15-24(16-10-21)30-18(2)27/h5-16H,1-4H3. The summed E-state index contributed by atoms with van der Waals surface area (Å²) in [5.41, 5.74) is 2.59. The van der Waals surface area contributed by atoms with Crippen LogP contribution < -0.4 is 14.2 Å². The lowest BCUT2D eigenvalue weighted by molar-refractivity contribution is -0.132. The van der Waals surface area contributed by atoms with E-state index >= 15 is 0 Å². The third-order valence-corrected chi connectivity index (χ3v) is 5.05. The topological polar surface area (TPSA) is 61.8 Å². The van der Waals surface area contributed by atoms with Gasteiger partial charge in [0.25, 0.3) is 0 Å². The molecule has 3 rings (SSSR count). The molecule has 0 amide bonds. The minimum atomic E-state index is -0.504. The molecule has 154 valence electrons. The number of benzene rings is 3. The average Bonchev–Trinajstić information content (AvgIpc) is 2.73. The Morgan fingerprint density at radius 1 is 0.600 bits per heavy atom. The van der Waals surface area contributed by atoms with Crippen LogP contribution in [0, 0.1) is 0 Å². The van der Waals surface area contributed by atoms with Crippen molar-refractivity contribution in [2.45, 2.75) is 26.2 Å². The predicted molar refractivity (Wildman–Crippen MR) is 114 cm³/mol. The van der Waals surface area contributed by atoms with E-state index in [1.54, 1.807) is 31.4 Å². The van der Waals surface area contributed by atoms with Crippen LogP contribution in [0.25, 0.3) is 0 Å². The highest BCUT2D eigenvalue weighted by molar-refractivity contribution is 5.70. The molecule has 30 heavy (non-hydrogen) atoms. The van der Waals surface area contributed by atoms with Crippen molar-refractivity contribution in [2.75, 3.05) is 7.11 Å². The van der Waals surface area contributed by atoms with Crippen LogP contribution in [0.5, 0.6) is 17.2 Å². The molecule has 0 N–H and O–H groups in total. The number of carbonyl (C=O) groups excluding carboxylic acids is 2. The van der Waals surface area contributed by atoms with Gasteiger partial charge in [0.15, 0.2) is 0 Å². The van der Waals surface area contributed by atoms with Crippen LogP contribution >= 0.6 is 0 Å². The minimum absolute atomic E-state index is 0.360. The maximum Gasteiger partial charge on any atom is 0.308 e. The Bertz CT molecular complexity index is 959. The number of esters is 2. The zero-order valence-electron chi connectivity index (χ0n) is 17.5. The molecule has 3 aromatic carbocycles. The predicted octanol–water partition coefficient (Wildman–Crippen LogP) is 4.90. The first-order chi connectivity index (χ1) is 14.3. The third kappa shape index (κ3) is 4.51. The van der Waals surface area contributed by atoms with Crippen molar-refractivity contribution >= 4 is 11.9 Å². The molecule has 0 bridgehead atoms. The molecule has 0 saturated heterocycles. The van der Waals surface area contributed by atoms with Gasteiger partial charge >= 0.3 is 11.9 Å². The lowest BCUT2D eigenvalue weighted by Gasteiger charge is -2.32. The van der Waals surface area contributed by atoms with Crippen LogP contribution in [-0.4, -0.2) is 19.0 Å². The number of ether oxygens (including phenoxy) is 3. The van der Waals surface area contributed by atoms with Crippen LogP contribution in [0.3, 0.4) is 0 Å². The molecule has 0 aliphatic carbocycles. The highest BCUT2D eigenvalue weighted by Crippen LogP contribution is 2.40. The van der Waals surface area contributed by atoms with E-state index in [4.69, 9.17) is 14.2 Å². The van der Waals surface area contributed by atoms with Crippen molar-refractivity contribution in [1.29, 1.82) is 0 Å². The Balaban J connectivity index is 2.08. The highest BCUT2D eigenvalue weighted by atomic mass is 16.5. The second-order valence-corrected chi connectivity index (χ2v) is 7.09. The number of hydrogen-bond donors (Lipinski definition) is 0. The Morgan fingerprint density at radius 2 is 0.900 bits per heavy atom. The van der Waals surface area contributed by atoms with Gasteiger partial charge in [0.1, 0.15) is 17.2 Å². The Kier molecular flexibility index (Phi) is 6.21. The smallest absolute Gasteiger partial charge is 0.308 e. The van der Waals surface area contributed by atoms with Crippen molar-refractivity contribution < 1.29 is 23.8 Å². The van der Waals surface area contributed by atoms with E-state index in [1.165, 1.54) is 13.8 Å². The average molecular weight is 404 g/mol. The molecule has 3 aromatic rings. The summed E-state index contributed by atoms with van der Waals surface area (Å²) in [6.07, 6.45) is 0. The molecule has 0 atom stereocenters. The summed E-state index contributed by atoms with van der Waals surface area (Å²) in [6.45, 7) is 4.87. The quantitative estimate of drug-likeness (QED) is 0.332. The molecule has 0 heterocycles. The minimum Gasteiger partial charge on any atom is -0.497 e. The number of methoxy groups -OCH3 is 1. The van der Waals surface area contributed by atoms with Crippen LogP contribution in [-0.2, 0) is 15.0 Å². The first-order valence-electron chi connectivity index (χ1n) is 9.55. The van der Waals surface area contributed by atoms with E-state index in [-0.39, 0.29) is 11.9 Å². The van der Waals surface area contributed by atoms with Crippen molar-refractivity contribution in [1.82, 2.24) is 0 Å². The van der Waals surface area contributed by atoms with Gasteiger partial charge in [-0.2, -0.15) is 0 Å². The van der Waals surface area contributed by atoms with Gasteiger partial charge in [-0.1, -0.05) is 36.4 Å². The summed E-state index contributed by atoms with van der Waals surface area (Å²) >= 11 is 0. The van der Waals surface area contributed by atoms with Gasteiger partial charge in [-0.25, -0.2) is 0 Å². The zero-order chi connectivity index (χ0) is 21.7. The lowest BCUT2D eigenvalue weighted by Crippen LogP contribution is -2.25. The summed E-state index contributed by atoms with van der Waals surface area (Å²) in [6, 6.07) is 22.8. The fraction of sp³-hybridized carbons (Fsp3) is 0.200.